The topological polar surface area (TPSA) is 138 Å². The Morgan fingerprint density at radius 1 is 0.298 bits per heavy atom. The SMILES string of the molecule is CCCCCCCCCCCCCCCCCC(N)=O.CCCCCCCCCCCCCCCCCC(N)=O.NCCCCCN. The molecule has 8 N–H and O–H groups in total. The molecule has 47 heavy (non-hydrogen) atoms. The quantitative estimate of drug-likeness (QED) is 0.0493. The zero-order valence-electron chi connectivity index (χ0n) is 32.3. The third-order valence-corrected chi connectivity index (χ3v) is 8.96. The standard InChI is InChI=1S/2C18H37NO.C5H14N2/c2*1-2-3-4-5-6-7-8-9-10-11-12-13-14-15-16-17-18(19)20;6-4-2-1-3-5-7/h2*2-17H2,1H3,(H2,19,20);1-7H2. The zero-order chi connectivity index (χ0) is 35.3. The largest absolute Gasteiger partial charge is 0.370 e. The molecule has 0 atom stereocenters. The monoisotopic (exact) mass is 669 g/mol. The van der Waals surface area contributed by atoms with E-state index >= 15 is 0 Å². The first-order valence-corrected chi connectivity index (χ1v) is 20.9. The van der Waals surface area contributed by atoms with Gasteiger partial charge in [-0.05, 0) is 38.8 Å². The Morgan fingerprint density at radius 2 is 0.468 bits per heavy atom. The van der Waals surface area contributed by atoms with Gasteiger partial charge in [0.15, 0.2) is 0 Å². The normalized spacial score (nSPS) is 10.6. The van der Waals surface area contributed by atoms with E-state index in [-0.39, 0.29) is 11.8 Å². The molecule has 0 rings (SSSR count). The highest BCUT2D eigenvalue weighted by Crippen LogP contribution is 2.15. The molecule has 6 nitrogen and oxygen atoms in total. The lowest BCUT2D eigenvalue weighted by atomic mass is 10.0. The van der Waals surface area contributed by atoms with Crippen LogP contribution in [-0.4, -0.2) is 24.9 Å². The van der Waals surface area contributed by atoms with E-state index in [0.29, 0.717) is 12.8 Å². The van der Waals surface area contributed by atoms with Crippen LogP contribution in [0.4, 0.5) is 0 Å². The van der Waals surface area contributed by atoms with Crippen LogP contribution in [0.1, 0.15) is 239 Å². The summed E-state index contributed by atoms with van der Waals surface area (Å²) in [4.78, 5) is 21.1. The van der Waals surface area contributed by atoms with Gasteiger partial charge in [-0.2, -0.15) is 0 Å². The molecular formula is C41H88N4O2. The van der Waals surface area contributed by atoms with E-state index in [1.165, 1.54) is 186 Å². The summed E-state index contributed by atoms with van der Waals surface area (Å²) < 4.78 is 0. The molecule has 0 saturated heterocycles. The first kappa shape index (κ1) is 50.2. The molecule has 0 heterocycles. The van der Waals surface area contributed by atoms with Crippen LogP contribution in [0, 0.1) is 0 Å². The van der Waals surface area contributed by atoms with E-state index < -0.39 is 0 Å². The van der Waals surface area contributed by atoms with Gasteiger partial charge in [0.1, 0.15) is 0 Å². The third kappa shape index (κ3) is 60.7. The van der Waals surface area contributed by atoms with E-state index in [4.69, 9.17) is 22.9 Å². The van der Waals surface area contributed by atoms with Gasteiger partial charge in [-0.15, -0.1) is 0 Å². The van der Waals surface area contributed by atoms with Crippen molar-refractivity contribution in [3.8, 4) is 0 Å². The average Bonchev–Trinajstić information content (AvgIpc) is 3.05. The van der Waals surface area contributed by atoms with Crippen molar-refractivity contribution in [1.82, 2.24) is 0 Å². The second kappa shape index (κ2) is 49.2. The van der Waals surface area contributed by atoms with Gasteiger partial charge in [0.05, 0.1) is 0 Å². The van der Waals surface area contributed by atoms with Gasteiger partial charge in [-0.3, -0.25) is 9.59 Å². The predicted molar refractivity (Wildman–Crippen MR) is 209 cm³/mol. The lowest BCUT2D eigenvalue weighted by Gasteiger charge is -2.03. The molecule has 2 amide bonds. The number of carbonyl (C=O) groups excluding carboxylic acids is 2. The van der Waals surface area contributed by atoms with Gasteiger partial charge < -0.3 is 22.9 Å². The highest BCUT2D eigenvalue weighted by Gasteiger charge is 1.97. The Bertz CT molecular complexity index is 526. The fraction of sp³-hybridized carbons (Fsp3) is 0.951. The molecule has 0 saturated carbocycles. The fourth-order valence-electron chi connectivity index (χ4n) is 5.81. The number of carbonyl (C=O) groups is 2. The molecule has 0 bridgehead atoms. The highest BCUT2D eigenvalue weighted by atomic mass is 16.1. The van der Waals surface area contributed by atoms with E-state index in [1.807, 2.05) is 0 Å². The molecule has 0 fully saturated rings. The Balaban J connectivity index is -0.000000685. The van der Waals surface area contributed by atoms with Crippen LogP contribution >= 0.6 is 0 Å². The highest BCUT2D eigenvalue weighted by molar-refractivity contribution is 5.73. The number of amides is 2. The van der Waals surface area contributed by atoms with Crippen LogP contribution in [0.2, 0.25) is 0 Å². The molecule has 6 heteroatoms. The molecule has 0 aliphatic carbocycles. The van der Waals surface area contributed by atoms with Crippen molar-refractivity contribution in [2.24, 2.45) is 22.9 Å². The van der Waals surface area contributed by atoms with Crippen LogP contribution in [0.25, 0.3) is 0 Å². The summed E-state index contributed by atoms with van der Waals surface area (Å²) in [5, 5.41) is 0. The average molecular weight is 669 g/mol. The maximum atomic E-state index is 10.6. The molecule has 0 aromatic carbocycles. The van der Waals surface area contributed by atoms with Gasteiger partial charge in [-0.25, -0.2) is 0 Å². The maximum absolute atomic E-state index is 10.6. The molecule has 0 radical (unpaired) electrons. The summed E-state index contributed by atoms with van der Waals surface area (Å²) >= 11 is 0. The van der Waals surface area contributed by atoms with E-state index in [2.05, 4.69) is 13.8 Å². The smallest absolute Gasteiger partial charge is 0.217 e. The minimum atomic E-state index is -0.153. The predicted octanol–water partition coefficient (Wildman–Crippen LogP) is 11.5. The second-order valence-electron chi connectivity index (χ2n) is 14.0. The van der Waals surface area contributed by atoms with Crippen LogP contribution in [0.5, 0.6) is 0 Å². The van der Waals surface area contributed by atoms with Gasteiger partial charge >= 0.3 is 0 Å². The van der Waals surface area contributed by atoms with Crippen molar-refractivity contribution in [3.63, 3.8) is 0 Å². The summed E-state index contributed by atoms with van der Waals surface area (Å²) in [6, 6.07) is 0. The van der Waals surface area contributed by atoms with Crippen molar-refractivity contribution in [3.05, 3.63) is 0 Å². The number of nitrogens with two attached hydrogens (primary N) is 4. The summed E-state index contributed by atoms with van der Waals surface area (Å²) in [6.07, 6.45) is 45.2. The van der Waals surface area contributed by atoms with Crippen molar-refractivity contribution in [2.45, 2.75) is 239 Å². The Hall–Kier alpha value is -1.14. The summed E-state index contributed by atoms with van der Waals surface area (Å²) in [5.74, 6) is -0.306. The van der Waals surface area contributed by atoms with Crippen molar-refractivity contribution < 1.29 is 9.59 Å². The summed E-state index contributed by atoms with van der Waals surface area (Å²) in [5.41, 5.74) is 20.7. The van der Waals surface area contributed by atoms with Gasteiger partial charge in [-0.1, -0.05) is 200 Å². The first-order chi connectivity index (χ1) is 23.0. The van der Waals surface area contributed by atoms with E-state index in [9.17, 15) is 9.59 Å². The van der Waals surface area contributed by atoms with Crippen molar-refractivity contribution >= 4 is 11.8 Å². The molecule has 0 aliphatic rings. The molecule has 0 aliphatic heterocycles. The van der Waals surface area contributed by atoms with Gasteiger partial charge in [0, 0.05) is 12.8 Å². The van der Waals surface area contributed by atoms with Crippen LogP contribution < -0.4 is 22.9 Å². The number of rotatable bonds is 36. The fourth-order valence-corrected chi connectivity index (χ4v) is 5.81. The third-order valence-electron chi connectivity index (χ3n) is 8.96. The Kier molecular flexibility index (Phi) is 52.6. The van der Waals surface area contributed by atoms with Crippen molar-refractivity contribution in [1.29, 1.82) is 0 Å². The molecule has 0 spiro atoms. The number of hydrogen-bond donors (Lipinski definition) is 4. The Labute approximate surface area is 295 Å². The van der Waals surface area contributed by atoms with Gasteiger partial charge in [0.2, 0.25) is 11.8 Å². The number of unbranched alkanes of at least 4 members (excludes halogenated alkanes) is 30. The summed E-state index contributed by atoms with van der Waals surface area (Å²) in [7, 11) is 0. The van der Waals surface area contributed by atoms with Crippen LogP contribution in [-0.2, 0) is 9.59 Å². The van der Waals surface area contributed by atoms with Crippen molar-refractivity contribution in [2.75, 3.05) is 13.1 Å². The zero-order valence-corrected chi connectivity index (χ0v) is 32.3. The first-order valence-electron chi connectivity index (χ1n) is 20.9. The number of hydrogen-bond acceptors (Lipinski definition) is 4. The van der Waals surface area contributed by atoms with Crippen LogP contribution in [0.3, 0.4) is 0 Å². The molecule has 0 aromatic rings. The minimum absolute atomic E-state index is 0.153. The Morgan fingerprint density at radius 3 is 0.638 bits per heavy atom. The van der Waals surface area contributed by atoms with E-state index in [1.54, 1.807) is 0 Å². The maximum Gasteiger partial charge on any atom is 0.217 e. The van der Waals surface area contributed by atoms with Crippen LogP contribution in [0.15, 0.2) is 0 Å². The van der Waals surface area contributed by atoms with E-state index in [0.717, 1.165) is 38.8 Å². The summed E-state index contributed by atoms with van der Waals surface area (Å²) in [6.45, 7) is 6.16. The molecular weight excluding hydrogens is 580 g/mol. The number of primary amides is 2. The molecule has 284 valence electrons. The lowest BCUT2D eigenvalue weighted by Crippen LogP contribution is -2.09. The second-order valence-corrected chi connectivity index (χ2v) is 14.0. The lowest BCUT2D eigenvalue weighted by molar-refractivity contribution is -0.119. The molecule has 0 aromatic heterocycles. The molecule has 0 unspecified atom stereocenters. The minimum Gasteiger partial charge on any atom is -0.370 e. The van der Waals surface area contributed by atoms with Gasteiger partial charge in [0.25, 0.3) is 0 Å².